The lowest BCUT2D eigenvalue weighted by molar-refractivity contribution is -0.385. The first kappa shape index (κ1) is 19.1. The predicted molar refractivity (Wildman–Crippen MR) is 104 cm³/mol. The Labute approximate surface area is 162 Å². The van der Waals surface area contributed by atoms with Gasteiger partial charge in [-0.2, -0.15) is 0 Å². The quantitative estimate of drug-likeness (QED) is 0.458. The highest BCUT2D eigenvalue weighted by atomic mass is 32.2. The molecule has 1 saturated heterocycles. The van der Waals surface area contributed by atoms with E-state index in [9.17, 15) is 24.8 Å². The van der Waals surface area contributed by atoms with Gasteiger partial charge in [-0.15, -0.1) is 0 Å². The zero-order valence-corrected chi connectivity index (χ0v) is 15.2. The molecule has 2 N–H and O–H groups in total. The summed E-state index contributed by atoms with van der Waals surface area (Å²) < 4.78 is 0. The number of carbonyl (C=O) groups is 2. The number of benzene rings is 2. The van der Waals surface area contributed by atoms with Crippen molar-refractivity contribution in [3.8, 4) is 5.75 Å². The highest BCUT2D eigenvalue weighted by Crippen LogP contribution is 2.34. The van der Waals surface area contributed by atoms with Gasteiger partial charge in [-0.05, 0) is 47.7 Å². The molecule has 1 fully saturated rings. The van der Waals surface area contributed by atoms with Gasteiger partial charge in [-0.25, -0.2) is 9.79 Å². The minimum atomic E-state index is -1.08. The number of aromatic hydroxyl groups is 1. The number of amidine groups is 1. The number of nitrogens with zero attached hydrogens (tertiary/aromatic N) is 3. The van der Waals surface area contributed by atoms with Gasteiger partial charge < -0.3 is 10.2 Å². The van der Waals surface area contributed by atoms with Crippen molar-refractivity contribution in [1.82, 2.24) is 4.90 Å². The molecule has 0 aliphatic carbocycles. The van der Waals surface area contributed by atoms with Crippen LogP contribution in [0.3, 0.4) is 0 Å². The van der Waals surface area contributed by atoms with Gasteiger partial charge >= 0.3 is 11.7 Å². The van der Waals surface area contributed by atoms with Gasteiger partial charge in [0.1, 0.15) is 0 Å². The molecule has 0 radical (unpaired) electrons. The highest BCUT2D eigenvalue weighted by molar-refractivity contribution is 8.18. The van der Waals surface area contributed by atoms with E-state index in [1.165, 1.54) is 48.4 Å². The topological polar surface area (TPSA) is 133 Å². The van der Waals surface area contributed by atoms with Crippen molar-refractivity contribution in [3.63, 3.8) is 0 Å². The average molecular weight is 399 g/mol. The molecule has 0 unspecified atom stereocenters. The fourth-order valence-corrected chi connectivity index (χ4v) is 3.39. The average Bonchev–Trinajstić information content (AvgIpc) is 2.91. The van der Waals surface area contributed by atoms with Crippen LogP contribution in [0.5, 0.6) is 5.75 Å². The minimum absolute atomic E-state index is 0.0750. The Kier molecular flexibility index (Phi) is 5.14. The number of phenols is 1. The van der Waals surface area contributed by atoms with Crippen molar-refractivity contribution in [3.05, 3.63) is 68.6 Å². The maximum atomic E-state index is 12.4. The number of nitro benzene ring substituents is 1. The number of aliphatic imine (C=N–C) groups is 1. The molecule has 3 rings (SSSR count). The Morgan fingerprint density at radius 3 is 2.71 bits per heavy atom. The van der Waals surface area contributed by atoms with Gasteiger partial charge in [-0.1, -0.05) is 12.1 Å². The van der Waals surface area contributed by atoms with E-state index in [0.717, 1.165) is 11.8 Å². The van der Waals surface area contributed by atoms with E-state index in [4.69, 9.17) is 5.11 Å². The lowest BCUT2D eigenvalue weighted by atomic mass is 10.1. The Morgan fingerprint density at radius 2 is 2.04 bits per heavy atom. The molecule has 0 bridgehead atoms. The lowest BCUT2D eigenvalue weighted by Crippen LogP contribution is -2.23. The van der Waals surface area contributed by atoms with E-state index < -0.39 is 22.3 Å². The first-order valence-corrected chi connectivity index (χ1v) is 8.65. The SMILES string of the molecule is CN1C(=O)/C(=C\c2ccc(O)c([N+](=O)[O-])c2)SC1=Nc1cccc(C(=O)O)c1. The van der Waals surface area contributed by atoms with Crippen molar-refractivity contribution in [2.45, 2.75) is 0 Å². The molecule has 2 aromatic carbocycles. The molecule has 9 nitrogen and oxygen atoms in total. The maximum absolute atomic E-state index is 12.4. The molecular weight excluding hydrogens is 386 g/mol. The summed E-state index contributed by atoms with van der Waals surface area (Å²) in [6, 6.07) is 9.80. The number of aromatic carboxylic acids is 1. The molecule has 1 aliphatic heterocycles. The molecule has 1 heterocycles. The first-order valence-electron chi connectivity index (χ1n) is 7.83. The zero-order valence-electron chi connectivity index (χ0n) is 14.4. The third kappa shape index (κ3) is 3.86. The summed E-state index contributed by atoms with van der Waals surface area (Å²) in [5.74, 6) is -1.90. The first-order chi connectivity index (χ1) is 13.3. The number of likely N-dealkylation sites (N-methyl/N-ethyl adjacent to an activating group) is 1. The lowest BCUT2D eigenvalue weighted by Gasteiger charge is -2.07. The van der Waals surface area contributed by atoms with Crippen LogP contribution in [0.25, 0.3) is 6.08 Å². The Hall–Kier alpha value is -3.66. The number of carboxylic acid groups (broad SMARTS) is 1. The second-order valence-corrected chi connectivity index (χ2v) is 6.74. The second kappa shape index (κ2) is 7.53. The van der Waals surface area contributed by atoms with Crippen molar-refractivity contribution in [2.24, 2.45) is 4.99 Å². The molecule has 0 spiro atoms. The molecule has 0 saturated carbocycles. The van der Waals surface area contributed by atoms with E-state index in [0.29, 0.717) is 16.4 Å². The molecule has 142 valence electrons. The summed E-state index contributed by atoms with van der Waals surface area (Å²) in [5.41, 5.74) is 0.370. The molecule has 1 amide bonds. The summed E-state index contributed by atoms with van der Waals surface area (Å²) in [5, 5.41) is 29.9. The van der Waals surface area contributed by atoms with Gasteiger partial charge in [0.15, 0.2) is 10.9 Å². The molecule has 28 heavy (non-hydrogen) atoms. The van der Waals surface area contributed by atoms with Crippen LogP contribution in [0.1, 0.15) is 15.9 Å². The van der Waals surface area contributed by atoms with Crippen LogP contribution in [0, 0.1) is 10.1 Å². The fourth-order valence-electron chi connectivity index (χ4n) is 2.40. The molecule has 1 aliphatic rings. The Balaban J connectivity index is 1.92. The molecule has 0 aromatic heterocycles. The largest absolute Gasteiger partial charge is 0.502 e. The molecule has 0 atom stereocenters. The standard InChI is InChI=1S/C18H13N3O6S/c1-20-16(23)15(8-10-5-6-14(22)13(7-10)21(26)27)28-18(20)19-12-4-2-3-11(9-12)17(24)25/h2-9,22H,1H3,(H,24,25)/b15-8+,19-18?. The number of rotatable bonds is 4. The van der Waals surface area contributed by atoms with Gasteiger partial charge in [0.05, 0.1) is 21.1 Å². The van der Waals surface area contributed by atoms with Crippen molar-refractivity contribution in [2.75, 3.05) is 7.05 Å². The summed E-state index contributed by atoms with van der Waals surface area (Å²) in [6.45, 7) is 0. The van der Waals surface area contributed by atoms with E-state index in [1.807, 2.05) is 0 Å². The molecular formula is C18H13N3O6S. The Morgan fingerprint density at radius 1 is 1.29 bits per heavy atom. The van der Waals surface area contributed by atoms with Gasteiger partial charge in [0, 0.05) is 13.1 Å². The van der Waals surface area contributed by atoms with E-state index >= 15 is 0 Å². The number of carboxylic acids is 1. The summed E-state index contributed by atoms with van der Waals surface area (Å²) >= 11 is 1.06. The van der Waals surface area contributed by atoms with Crippen LogP contribution in [-0.2, 0) is 4.79 Å². The number of hydrogen-bond donors (Lipinski definition) is 2. The summed E-state index contributed by atoms with van der Waals surface area (Å²) in [7, 11) is 1.52. The second-order valence-electron chi connectivity index (χ2n) is 5.73. The number of carbonyl (C=O) groups excluding carboxylic acids is 1. The number of hydrogen-bond acceptors (Lipinski definition) is 7. The van der Waals surface area contributed by atoms with E-state index in [2.05, 4.69) is 4.99 Å². The van der Waals surface area contributed by atoms with Gasteiger partial charge in [0.2, 0.25) is 0 Å². The maximum Gasteiger partial charge on any atom is 0.335 e. The number of thioether (sulfide) groups is 1. The van der Waals surface area contributed by atoms with Crippen LogP contribution in [0.4, 0.5) is 11.4 Å². The summed E-state index contributed by atoms with van der Waals surface area (Å²) in [4.78, 5) is 39.7. The zero-order chi connectivity index (χ0) is 20.4. The van der Waals surface area contributed by atoms with E-state index in [-0.39, 0.29) is 16.4 Å². The van der Waals surface area contributed by atoms with Crippen LogP contribution in [0.2, 0.25) is 0 Å². The fraction of sp³-hybridized carbons (Fsp3) is 0.0556. The normalized spacial score (nSPS) is 16.8. The predicted octanol–water partition coefficient (Wildman–Crippen LogP) is 3.23. The van der Waals surface area contributed by atoms with E-state index in [1.54, 1.807) is 12.1 Å². The number of amides is 1. The minimum Gasteiger partial charge on any atom is -0.502 e. The smallest absolute Gasteiger partial charge is 0.335 e. The van der Waals surface area contributed by atoms with Crippen LogP contribution < -0.4 is 0 Å². The van der Waals surface area contributed by atoms with Crippen LogP contribution in [-0.4, -0.2) is 44.1 Å². The highest BCUT2D eigenvalue weighted by Gasteiger charge is 2.30. The van der Waals surface area contributed by atoms with Crippen LogP contribution in [0.15, 0.2) is 52.4 Å². The third-order valence-electron chi connectivity index (χ3n) is 3.82. The summed E-state index contributed by atoms with van der Waals surface area (Å²) in [6.07, 6.45) is 1.46. The van der Waals surface area contributed by atoms with Crippen molar-refractivity contribution >= 4 is 46.3 Å². The van der Waals surface area contributed by atoms with Gasteiger partial charge in [0.25, 0.3) is 5.91 Å². The Bertz CT molecular complexity index is 1060. The van der Waals surface area contributed by atoms with Crippen molar-refractivity contribution < 1.29 is 24.7 Å². The van der Waals surface area contributed by atoms with Crippen LogP contribution >= 0.6 is 11.8 Å². The van der Waals surface area contributed by atoms with Gasteiger partial charge in [-0.3, -0.25) is 19.8 Å². The number of phenolic OH excluding ortho intramolecular Hbond substituents is 1. The van der Waals surface area contributed by atoms with Crippen molar-refractivity contribution in [1.29, 1.82) is 0 Å². The monoisotopic (exact) mass is 399 g/mol. The molecule has 2 aromatic rings. The number of nitro groups is 1. The third-order valence-corrected chi connectivity index (χ3v) is 4.88. The molecule has 10 heteroatoms.